The van der Waals surface area contributed by atoms with Crippen molar-refractivity contribution in [2.24, 2.45) is 0 Å². The first-order valence-electron chi connectivity index (χ1n) is 6.35. The van der Waals surface area contributed by atoms with Crippen molar-refractivity contribution in [2.75, 3.05) is 5.32 Å². The molecule has 0 fully saturated rings. The van der Waals surface area contributed by atoms with E-state index in [9.17, 15) is 0 Å². The summed E-state index contributed by atoms with van der Waals surface area (Å²) in [6.07, 6.45) is 3.34. The van der Waals surface area contributed by atoms with Gasteiger partial charge in [-0.2, -0.15) is 0 Å². The molecule has 0 bridgehead atoms. The van der Waals surface area contributed by atoms with Gasteiger partial charge in [-0.05, 0) is 42.0 Å². The first-order valence-corrected chi connectivity index (χ1v) is 7.52. The van der Waals surface area contributed by atoms with Crippen LogP contribution in [0.15, 0.2) is 59.6 Å². The summed E-state index contributed by atoms with van der Waals surface area (Å²) < 4.78 is 2.87. The van der Waals surface area contributed by atoms with Crippen LogP contribution in [-0.4, -0.2) is 14.8 Å². The van der Waals surface area contributed by atoms with Gasteiger partial charge in [-0.3, -0.25) is 4.57 Å². The molecule has 0 saturated carbocycles. The van der Waals surface area contributed by atoms with Crippen molar-refractivity contribution in [1.29, 1.82) is 0 Å². The molecule has 0 atom stereocenters. The molecule has 2 aromatic carbocycles. The maximum atomic E-state index is 6.19. The lowest BCUT2D eigenvalue weighted by Gasteiger charge is -2.10. The summed E-state index contributed by atoms with van der Waals surface area (Å²) in [6.45, 7) is 0.657. The second-order valence-electron chi connectivity index (χ2n) is 4.51. The molecule has 4 nitrogen and oxygen atoms in total. The lowest BCUT2D eigenvalue weighted by atomic mass is 10.2. The van der Waals surface area contributed by atoms with E-state index in [0.29, 0.717) is 6.54 Å². The minimum Gasteiger partial charge on any atom is -0.381 e. The van der Waals surface area contributed by atoms with Crippen LogP contribution in [0.4, 0.5) is 5.69 Å². The second kappa shape index (κ2) is 6.28. The van der Waals surface area contributed by atoms with Gasteiger partial charge in [-0.15, -0.1) is 10.2 Å². The van der Waals surface area contributed by atoms with Crippen LogP contribution in [0.25, 0.3) is 5.69 Å². The van der Waals surface area contributed by atoms with Gasteiger partial charge in [0.1, 0.15) is 12.7 Å². The monoisotopic (exact) mass is 362 g/mol. The first-order chi connectivity index (χ1) is 10.2. The van der Waals surface area contributed by atoms with Gasteiger partial charge < -0.3 is 5.32 Å². The van der Waals surface area contributed by atoms with Crippen LogP contribution in [0, 0.1) is 0 Å². The van der Waals surface area contributed by atoms with E-state index < -0.39 is 0 Å². The zero-order valence-corrected chi connectivity index (χ0v) is 13.3. The fraction of sp³-hybridized carbons (Fsp3) is 0.0667. The zero-order valence-electron chi connectivity index (χ0n) is 11.0. The number of nitrogens with zero attached hydrogens (tertiary/aromatic N) is 3. The number of nitrogens with one attached hydrogen (secondary N) is 1. The summed E-state index contributed by atoms with van der Waals surface area (Å²) in [5.74, 6) is 0. The van der Waals surface area contributed by atoms with Crippen molar-refractivity contribution < 1.29 is 0 Å². The molecule has 0 saturated heterocycles. The van der Waals surface area contributed by atoms with Gasteiger partial charge in [-0.1, -0.05) is 33.6 Å². The Hall–Kier alpha value is -1.85. The van der Waals surface area contributed by atoms with Gasteiger partial charge in [0.2, 0.25) is 0 Å². The third-order valence-corrected chi connectivity index (χ3v) is 3.92. The summed E-state index contributed by atoms with van der Waals surface area (Å²) in [7, 11) is 0. The molecule has 3 aromatic rings. The maximum absolute atomic E-state index is 6.19. The van der Waals surface area contributed by atoms with E-state index in [-0.39, 0.29) is 0 Å². The zero-order chi connectivity index (χ0) is 14.7. The number of rotatable bonds is 4. The van der Waals surface area contributed by atoms with Crippen LogP contribution in [0.3, 0.4) is 0 Å². The van der Waals surface area contributed by atoms with Crippen molar-refractivity contribution in [2.45, 2.75) is 6.54 Å². The Kier molecular flexibility index (Phi) is 4.22. The fourth-order valence-electron chi connectivity index (χ4n) is 1.99. The van der Waals surface area contributed by atoms with E-state index in [1.807, 2.05) is 47.0 Å². The lowest BCUT2D eigenvalue weighted by molar-refractivity contribution is 1.05. The topological polar surface area (TPSA) is 42.7 Å². The number of anilines is 1. The summed E-state index contributed by atoms with van der Waals surface area (Å²) in [6, 6.07) is 13.9. The van der Waals surface area contributed by atoms with E-state index in [1.165, 1.54) is 0 Å². The van der Waals surface area contributed by atoms with Crippen LogP contribution in [0.1, 0.15) is 5.56 Å². The molecule has 1 N–H and O–H groups in total. The standard InChI is InChI=1S/C15H12BrClN4/c16-12-4-5-15(17)11(6-12)8-18-13-2-1-3-14(7-13)21-9-19-20-10-21/h1-7,9-10,18H,8H2. The molecule has 0 aliphatic heterocycles. The highest BCUT2D eigenvalue weighted by Gasteiger charge is 2.02. The maximum Gasteiger partial charge on any atom is 0.123 e. The summed E-state index contributed by atoms with van der Waals surface area (Å²) in [5, 5.41) is 11.7. The molecule has 0 aliphatic carbocycles. The molecule has 106 valence electrons. The van der Waals surface area contributed by atoms with E-state index in [0.717, 1.165) is 26.4 Å². The Labute approximate surface area is 135 Å². The predicted octanol–water partition coefficient (Wildman–Crippen LogP) is 4.30. The average molecular weight is 364 g/mol. The molecule has 6 heteroatoms. The summed E-state index contributed by atoms with van der Waals surface area (Å²) >= 11 is 9.65. The highest BCUT2D eigenvalue weighted by molar-refractivity contribution is 9.10. The van der Waals surface area contributed by atoms with E-state index in [2.05, 4.69) is 31.4 Å². The minimum atomic E-state index is 0.657. The number of hydrogen-bond donors (Lipinski definition) is 1. The Morgan fingerprint density at radius 2 is 1.90 bits per heavy atom. The van der Waals surface area contributed by atoms with Crippen molar-refractivity contribution in [3.8, 4) is 5.69 Å². The van der Waals surface area contributed by atoms with Gasteiger partial charge in [0.25, 0.3) is 0 Å². The fourth-order valence-corrected chi connectivity index (χ4v) is 2.58. The molecule has 0 radical (unpaired) electrons. The molecular formula is C15H12BrClN4. The third kappa shape index (κ3) is 3.43. The molecule has 0 aliphatic rings. The summed E-state index contributed by atoms with van der Waals surface area (Å²) in [4.78, 5) is 0. The number of aromatic nitrogens is 3. The highest BCUT2D eigenvalue weighted by Crippen LogP contribution is 2.22. The first kappa shape index (κ1) is 14.1. The smallest absolute Gasteiger partial charge is 0.123 e. The minimum absolute atomic E-state index is 0.657. The van der Waals surface area contributed by atoms with Crippen molar-refractivity contribution in [3.63, 3.8) is 0 Å². The normalized spacial score (nSPS) is 10.6. The molecular weight excluding hydrogens is 352 g/mol. The van der Waals surface area contributed by atoms with E-state index in [4.69, 9.17) is 11.6 Å². The Morgan fingerprint density at radius 1 is 1.10 bits per heavy atom. The average Bonchev–Trinajstić information content (AvgIpc) is 3.03. The highest BCUT2D eigenvalue weighted by atomic mass is 79.9. The van der Waals surface area contributed by atoms with Crippen molar-refractivity contribution in [1.82, 2.24) is 14.8 Å². The van der Waals surface area contributed by atoms with Crippen LogP contribution < -0.4 is 5.32 Å². The van der Waals surface area contributed by atoms with E-state index in [1.54, 1.807) is 12.7 Å². The molecule has 0 amide bonds. The number of benzene rings is 2. The van der Waals surface area contributed by atoms with Crippen LogP contribution in [0.5, 0.6) is 0 Å². The second-order valence-corrected chi connectivity index (χ2v) is 5.83. The number of halogens is 2. The third-order valence-electron chi connectivity index (χ3n) is 3.05. The molecule has 3 rings (SSSR count). The largest absolute Gasteiger partial charge is 0.381 e. The molecule has 1 heterocycles. The van der Waals surface area contributed by atoms with Gasteiger partial charge >= 0.3 is 0 Å². The SMILES string of the molecule is Clc1ccc(Br)cc1CNc1cccc(-n2cnnc2)c1. The predicted molar refractivity (Wildman–Crippen MR) is 87.8 cm³/mol. The van der Waals surface area contributed by atoms with Crippen molar-refractivity contribution >= 4 is 33.2 Å². The molecule has 21 heavy (non-hydrogen) atoms. The Bertz CT molecular complexity index is 743. The van der Waals surface area contributed by atoms with Gasteiger partial charge in [0, 0.05) is 21.7 Å². The lowest BCUT2D eigenvalue weighted by Crippen LogP contribution is -2.01. The van der Waals surface area contributed by atoms with Crippen molar-refractivity contribution in [3.05, 3.63) is 70.2 Å². The molecule has 0 unspecified atom stereocenters. The number of hydrogen-bond acceptors (Lipinski definition) is 3. The van der Waals surface area contributed by atoms with Gasteiger partial charge in [-0.25, -0.2) is 0 Å². The summed E-state index contributed by atoms with van der Waals surface area (Å²) in [5.41, 5.74) is 3.06. The Balaban J connectivity index is 1.76. The van der Waals surface area contributed by atoms with E-state index >= 15 is 0 Å². The van der Waals surface area contributed by atoms with Gasteiger partial charge in [0.05, 0.1) is 5.69 Å². The van der Waals surface area contributed by atoms with Crippen LogP contribution >= 0.6 is 27.5 Å². The van der Waals surface area contributed by atoms with Gasteiger partial charge in [0.15, 0.2) is 0 Å². The molecule has 0 spiro atoms. The quantitative estimate of drug-likeness (QED) is 0.751. The molecule has 1 aromatic heterocycles. The van der Waals surface area contributed by atoms with Crippen LogP contribution in [-0.2, 0) is 6.54 Å². The van der Waals surface area contributed by atoms with Crippen LogP contribution in [0.2, 0.25) is 5.02 Å². The Morgan fingerprint density at radius 3 is 2.71 bits per heavy atom.